The van der Waals surface area contributed by atoms with Crippen LogP contribution in [0, 0.1) is 19.7 Å². The Morgan fingerprint density at radius 2 is 1.93 bits per heavy atom. The van der Waals surface area contributed by atoms with Gasteiger partial charge in [0.25, 0.3) is 5.56 Å². The summed E-state index contributed by atoms with van der Waals surface area (Å²) in [6, 6.07) is 8.40. The van der Waals surface area contributed by atoms with E-state index in [1.165, 1.54) is 34.4 Å². The zero-order valence-electron chi connectivity index (χ0n) is 16.9. The van der Waals surface area contributed by atoms with Crippen LogP contribution in [-0.2, 0) is 12.8 Å². The molecule has 5 nitrogen and oxygen atoms in total. The van der Waals surface area contributed by atoms with Crippen LogP contribution in [0.3, 0.4) is 0 Å². The molecule has 0 fully saturated rings. The number of nitrogens with zero attached hydrogens (tertiary/aromatic N) is 4. The van der Waals surface area contributed by atoms with Crippen LogP contribution in [0.15, 0.2) is 46.6 Å². The standard InChI is InChI=1S/C23H21FN4OS/c1-14-11-16(15(2)28(14)18-9-7-17(24)8-10-18)12-26-27-13-25-22-21(23(27)29)19-5-3-4-6-20(19)30-22/h7-13H,3-6H2,1-2H3/b26-12-. The third kappa shape index (κ3) is 3.10. The molecule has 3 heterocycles. The van der Waals surface area contributed by atoms with Gasteiger partial charge in [-0.3, -0.25) is 4.79 Å². The molecular formula is C23H21FN4OS. The minimum Gasteiger partial charge on any atom is -0.318 e. The number of hydrogen-bond donors (Lipinski definition) is 0. The van der Waals surface area contributed by atoms with E-state index in [1.54, 1.807) is 29.7 Å². The molecule has 0 N–H and O–H groups in total. The Morgan fingerprint density at radius 1 is 1.17 bits per heavy atom. The molecule has 1 aromatic carbocycles. The minimum absolute atomic E-state index is 0.108. The first-order valence-electron chi connectivity index (χ1n) is 10.0. The Labute approximate surface area is 177 Å². The van der Waals surface area contributed by atoms with E-state index in [2.05, 4.69) is 10.1 Å². The van der Waals surface area contributed by atoms with E-state index in [1.807, 2.05) is 24.5 Å². The summed E-state index contributed by atoms with van der Waals surface area (Å²) in [5.74, 6) is -0.263. The largest absolute Gasteiger partial charge is 0.318 e. The first-order valence-corrected chi connectivity index (χ1v) is 10.9. The maximum absolute atomic E-state index is 13.3. The van der Waals surface area contributed by atoms with Crippen molar-refractivity contribution in [3.8, 4) is 5.69 Å². The molecule has 0 aliphatic heterocycles. The second kappa shape index (κ2) is 7.32. The van der Waals surface area contributed by atoms with Crippen molar-refractivity contribution in [2.45, 2.75) is 39.5 Å². The SMILES string of the molecule is Cc1cc(/C=N\n2cnc3sc4c(c3c2=O)CCCC4)c(C)n1-c1ccc(F)cc1. The van der Waals surface area contributed by atoms with Gasteiger partial charge in [-0.2, -0.15) is 9.78 Å². The molecule has 0 amide bonds. The molecule has 1 aliphatic carbocycles. The summed E-state index contributed by atoms with van der Waals surface area (Å²) in [4.78, 5) is 19.7. The first-order chi connectivity index (χ1) is 14.5. The summed E-state index contributed by atoms with van der Waals surface area (Å²) >= 11 is 1.64. The van der Waals surface area contributed by atoms with Crippen molar-refractivity contribution in [3.63, 3.8) is 0 Å². The fourth-order valence-electron chi connectivity index (χ4n) is 4.25. The molecule has 4 aromatic rings. The molecule has 7 heteroatoms. The summed E-state index contributed by atoms with van der Waals surface area (Å²) in [5.41, 5.74) is 4.82. The quantitative estimate of drug-likeness (QED) is 0.449. The Hall–Kier alpha value is -3.06. The van der Waals surface area contributed by atoms with Crippen molar-refractivity contribution in [3.05, 3.63) is 80.2 Å². The second-order valence-electron chi connectivity index (χ2n) is 7.67. The molecule has 0 saturated carbocycles. The number of benzene rings is 1. The third-order valence-corrected chi connectivity index (χ3v) is 6.94. The predicted molar refractivity (Wildman–Crippen MR) is 119 cm³/mol. The van der Waals surface area contributed by atoms with Gasteiger partial charge in [0, 0.05) is 27.5 Å². The van der Waals surface area contributed by atoms with E-state index in [9.17, 15) is 9.18 Å². The van der Waals surface area contributed by atoms with Gasteiger partial charge < -0.3 is 4.57 Å². The molecule has 30 heavy (non-hydrogen) atoms. The van der Waals surface area contributed by atoms with Gasteiger partial charge in [-0.05, 0) is 75.4 Å². The molecule has 3 aromatic heterocycles. The fourth-order valence-corrected chi connectivity index (χ4v) is 5.47. The summed E-state index contributed by atoms with van der Waals surface area (Å²) in [6.45, 7) is 3.97. The van der Waals surface area contributed by atoms with Crippen LogP contribution < -0.4 is 5.56 Å². The highest BCUT2D eigenvalue weighted by molar-refractivity contribution is 7.18. The van der Waals surface area contributed by atoms with Crippen LogP contribution in [0.4, 0.5) is 4.39 Å². The first kappa shape index (κ1) is 18.9. The van der Waals surface area contributed by atoms with Crippen LogP contribution >= 0.6 is 11.3 Å². The number of thiophene rings is 1. The van der Waals surface area contributed by atoms with Gasteiger partial charge in [0.1, 0.15) is 17.0 Å². The zero-order valence-corrected chi connectivity index (χ0v) is 17.7. The van der Waals surface area contributed by atoms with E-state index in [-0.39, 0.29) is 11.4 Å². The van der Waals surface area contributed by atoms with Gasteiger partial charge in [-0.25, -0.2) is 9.37 Å². The summed E-state index contributed by atoms with van der Waals surface area (Å²) in [6.07, 6.45) is 7.47. The molecule has 0 atom stereocenters. The van der Waals surface area contributed by atoms with Crippen molar-refractivity contribution in [1.82, 2.24) is 14.2 Å². The van der Waals surface area contributed by atoms with E-state index in [0.717, 1.165) is 57.7 Å². The molecular weight excluding hydrogens is 399 g/mol. The number of aromatic nitrogens is 3. The maximum Gasteiger partial charge on any atom is 0.282 e. The van der Waals surface area contributed by atoms with Crippen molar-refractivity contribution in [2.75, 3.05) is 0 Å². The lowest BCUT2D eigenvalue weighted by Gasteiger charge is -2.09. The van der Waals surface area contributed by atoms with Crippen LogP contribution in [0.1, 0.15) is 40.2 Å². The van der Waals surface area contributed by atoms with E-state index < -0.39 is 0 Å². The van der Waals surface area contributed by atoms with Crippen molar-refractivity contribution >= 4 is 27.8 Å². The van der Waals surface area contributed by atoms with Crippen LogP contribution in [0.2, 0.25) is 0 Å². The molecule has 5 rings (SSSR count). The Kier molecular flexibility index (Phi) is 4.62. The monoisotopic (exact) mass is 420 g/mol. The molecule has 0 spiro atoms. The molecule has 0 saturated heterocycles. The molecule has 0 bridgehead atoms. The molecule has 0 radical (unpaired) electrons. The summed E-state index contributed by atoms with van der Waals surface area (Å²) < 4.78 is 16.6. The highest BCUT2D eigenvalue weighted by Gasteiger charge is 2.20. The number of aryl methyl sites for hydroxylation is 3. The van der Waals surface area contributed by atoms with E-state index in [0.29, 0.717) is 0 Å². The average molecular weight is 421 g/mol. The molecule has 152 valence electrons. The molecule has 1 aliphatic rings. The highest BCUT2D eigenvalue weighted by atomic mass is 32.1. The lowest BCUT2D eigenvalue weighted by atomic mass is 9.97. The normalized spacial score (nSPS) is 14.0. The van der Waals surface area contributed by atoms with Crippen molar-refractivity contribution in [2.24, 2.45) is 5.10 Å². The Bertz CT molecular complexity index is 1340. The van der Waals surface area contributed by atoms with E-state index in [4.69, 9.17) is 0 Å². The van der Waals surface area contributed by atoms with Gasteiger partial charge in [0.05, 0.1) is 11.6 Å². The lowest BCUT2D eigenvalue weighted by Crippen LogP contribution is -2.18. The van der Waals surface area contributed by atoms with Crippen LogP contribution in [-0.4, -0.2) is 20.4 Å². The second-order valence-corrected chi connectivity index (χ2v) is 8.75. The number of hydrogen-bond acceptors (Lipinski definition) is 4. The molecule has 0 unspecified atom stereocenters. The predicted octanol–water partition coefficient (Wildman–Crippen LogP) is 4.77. The summed E-state index contributed by atoms with van der Waals surface area (Å²) in [7, 11) is 0. The topological polar surface area (TPSA) is 52.2 Å². The summed E-state index contributed by atoms with van der Waals surface area (Å²) in [5, 5.41) is 5.15. The Morgan fingerprint density at radius 3 is 2.73 bits per heavy atom. The zero-order chi connectivity index (χ0) is 20.8. The number of rotatable bonds is 3. The number of halogens is 1. The average Bonchev–Trinajstić information content (AvgIpc) is 3.25. The van der Waals surface area contributed by atoms with Crippen molar-refractivity contribution < 1.29 is 4.39 Å². The van der Waals surface area contributed by atoms with Gasteiger partial charge in [-0.1, -0.05) is 0 Å². The van der Waals surface area contributed by atoms with Crippen LogP contribution in [0.25, 0.3) is 15.9 Å². The maximum atomic E-state index is 13.3. The van der Waals surface area contributed by atoms with Gasteiger partial charge in [0.15, 0.2) is 0 Å². The fraction of sp³-hybridized carbons (Fsp3) is 0.261. The third-order valence-electron chi connectivity index (χ3n) is 5.74. The van der Waals surface area contributed by atoms with Crippen molar-refractivity contribution in [1.29, 1.82) is 0 Å². The van der Waals surface area contributed by atoms with Gasteiger partial charge in [-0.15, -0.1) is 11.3 Å². The smallest absolute Gasteiger partial charge is 0.282 e. The highest BCUT2D eigenvalue weighted by Crippen LogP contribution is 2.33. The Balaban J connectivity index is 1.54. The van der Waals surface area contributed by atoms with E-state index >= 15 is 0 Å². The van der Waals surface area contributed by atoms with Gasteiger partial charge in [0.2, 0.25) is 0 Å². The number of fused-ring (bicyclic) bond motifs is 3. The van der Waals surface area contributed by atoms with Gasteiger partial charge >= 0.3 is 0 Å². The minimum atomic E-state index is -0.263. The lowest BCUT2D eigenvalue weighted by molar-refractivity contribution is 0.627. The van der Waals surface area contributed by atoms with Crippen LogP contribution in [0.5, 0.6) is 0 Å².